The molecule has 6 heteroatoms. The van der Waals surface area contributed by atoms with E-state index in [0.29, 0.717) is 28.8 Å². The van der Waals surface area contributed by atoms with Gasteiger partial charge in [-0.25, -0.2) is 0 Å². The maximum atomic E-state index is 12.7. The second kappa shape index (κ2) is 7.53. The Morgan fingerprint density at radius 1 is 0.963 bits per heavy atom. The van der Waals surface area contributed by atoms with E-state index in [1.165, 1.54) is 12.1 Å². The zero-order chi connectivity index (χ0) is 19.6. The number of amides is 1. The van der Waals surface area contributed by atoms with E-state index >= 15 is 0 Å². The molecule has 6 nitrogen and oxygen atoms in total. The first kappa shape index (κ1) is 18.5. The first-order valence-electron chi connectivity index (χ1n) is 8.71. The Morgan fingerprint density at radius 2 is 1.56 bits per heavy atom. The molecule has 3 rings (SSSR count). The van der Waals surface area contributed by atoms with Gasteiger partial charge in [0.15, 0.2) is 18.2 Å². The molecule has 1 aliphatic rings. The van der Waals surface area contributed by atoms with Crippen LogP contribution >= 0.6 is 0 Å². The number of hydrogen-bond donors (Lipinski definition) is 1. The van der Waals surface area contributed by atoms with E-state index in [9.17, 15) is 19.2 Å². The van der Waals surface area contributed by atoms with Crippen LogP contribution in [-0.4, -0.2) is 30.0 Å². The van der Waals surface area contributed by atoms with E-state index in [1.54, 1.807) is 37.3 Å². The Kier molecular flexibility index (Phi) is 5.16. The van der Waals surface area contributed by atoms with Gasteiger partial charge in [0, 0.05) is 27.9 Å². The number of hydrogen-bond acceptors (Lipinski definition) is 5. The van der Waals surface area contributed by atoms with E-state index in [0.717, 1.165) is 0 Å². The Bertz CT molecular complexity index is 947. The van der Waals surface area contributed by atoms with Crippen LogP contribution in [0.1, 0.15) is 52.1 Å². The Labute approximate surface area is 156 Å². The van der Waals surface area contributed by atoms with Crippen LogP contribution < -0.4 is 5.32 Å². The van der Waals surface area contributed by atoms with E-state index in [-0.39, 0.29) is 23.0 Å². The molecule has 1 amide bonds. The molecule has 2 aromatic carbocycles. The number of carbonyl (C=O) groups excluding carboxylic acids is 4. The fourth-order valence-corrected chi connectivity index (χ4v) is 2.82. The van der Waals surface area contributed by atoms with Gasteiger partial charge in [0.2, 0.25) is 0 Å². The summed E-state index contributed by atoms with van der Waals surface area (Å²) in [6.45, 7) is 3.18. The minimum absolute atomic E-state index is 0.222. The summed E-state index contributed by atoms with van der Waals surface area (Å²) in [6, 6.07) is 11.2. The Hall–Kier alpha value is -3.28. The normalized spacial score (nSPS) is 13.4. The minimum atomic E-state index is -0.512. The smallest absolute Gasteiger partial charge is 0.309 e. The highest BCUT2D eigenvalue weighted by Gasteiger charge is 2.29. The molecule has 0 heterocycles. The quantitative estimate of drug-likeness (QED) is 0.702. The number of carbonyl (C=O) groups is 4. The third kappa shape index (κ3) is 3.65. The minimum Gasteiger partial charge on any atom is -0.455 e. The van der Waals surface area contributed by atoms with Crippen molar-refractivity contribution < 1.29 is 23.9 Å². The second-order valence-corrected chi connectivity index (χ2v) is 6.43. The van der Waals surface area contributed by atoms with Crippen molar-refractivity contribution in [2.45, 2.75) is 20.3 Å². The summed E-state index contributed by atoms with van der Waals surface area (Å²) in [5, 5.41) is 2.58. The summed E-state index contributed by atoms with van der Waals surface area (Å²) in [6.07, 6.45) is 0.628. The molecule has 0 saturated heterocycles. The lowest BCUT2D eigenvalue weighted by Gasteiger charge is -2.18. The average molecular weight is 365 g/mol. The van der Waals surface area contributed by atoms with Gasteiger partial charge in [-0.15, -0.1) is 0 Å². The summed E-state index contributed by atoms with van der Waals surface area (Å²) in [5.74, 6) is -1.71. The summed E-state index contributed by atoms with van der Waals surface area (Å²) in [7, 11) is 0. The van der Waals surface area contributed by atoms with Crippen molar-refractivity contribution in [1.29, 1.82) is 0 Å². The molecule has 138 valence electrons. The van der Waals surface area contributed by atoms with Crippen LogP contribution in [0.4, 0.5) is 5.69 Å². The van der Waals surface area contributed by atoms with Gasteiger partial charge in [-0.3, -0.25) is 19.2 Å². The van der Waals surface area contributed by atoms with Gasteiger partial charge in [-0.1, -0.05) is 38.1 Å². The van der Waals surface area contributed by atoms with Crippen LogP contribution in [0, 0.1) is 5.92 Å². The Morgan fingerprint density at radius 3 is 2.19 bits per heavy atom. The molecule has 0 bridgehead atoms. The molecule has 1 aliphatic carbocycles. The molecular formula is C21H19NO5. The van der Waals surface area contributed by atoms with Gasteiger partial charge < -0.3 is 10.1 Å². The molecule has 0 fully saturated rings. The standard InChI is InChI=1S/C21H19NO5/c1-3-12(2)21(26)27-11-18(23)22-13-8-9-16-17(10-13)20(25)15-7-5-4-6-14(15)19(16)24/h4-10,12H,3,11H2,1-2H3,(H,22,23). The van der Waals surface area contributed by atoms with Crippen molar-refractivity contribution >= 4 is 29.1 Å². The molecule has 0 saturated carbocycles. The average Bonchev–Trinajstić information content (AvgIpc) is 2.69. The Balaban J connectivity index is 1.75. The van der Waals surface area contributed by atoms with Crippen molar-refractivity contribution in [1.82, 2.24) is 0 Å². The lowest BCUT2D eigenvalue weighted by Crippen LogP contribution is -2.24. The zero-order valence-electron chi connectivity index (χ0n) is 15.1. The van der Waals surface area contributed by atoms with Crippen LogP contribution in [0.25, 0.3) is 0 Å². The lowest BCUT2D eigenvalue weighted by atomic mass is 9.84. The van der Waals surface area contributed by atoms with Crippen molar-refractivity contribution in [2.75, 3.05) is 11.9 Å². The zero-order valence-corrected chi connectivity index (χ0v) is 15.1. The predicted octanol–water partition coefficient (Wildman–Crippen LogP) is 2.99. The van der Waals surface area contributed by atoms with Crippen molar-refractivity contribution in [3.05, 3.63) is 64.7 Å². The monoisotopic (exact) mass is 365 g/mol. The third-order valence-corrected chi connectivity index (χ3v) is 4.57. The van der Waals surface area contributed by atoms with Crippen LogP contribution in [-0.2, 0) is 14.3 Å². The second-order valence-electron chi connectivity index (χ2n) is 6.43. The third-order valence-electron chi connectivity index (χ3n) is 4.57. The van der Waals surface area contributed by atoms with Gasteiger partial charge in [-0.05, 0) is 24.6 Å². The molecule has 27 heavy (non-hydrogen) atoms. The molecule has 0 radical (unpaired) electrons. The molecule has 2 aromatic rings. The van der Waals surface area contributed by atoms with E-state index < -0.39 is 18.5 Å². The van der Waals surface area contributed by atoms with Gasteiger partial charge in [0.05, 0.1) is 5.92 Å². The predicted molar refractivity (Wildman–Crippen MR) is 98.8 cm³/mol. The molecule has 0 aliphatic heterocycles. The van der Waals surface area contributed by atoms with Crippen molar-refractivity contribution in [3.8, 4) is 0 Å². The summed E-state index contributed by atoms with van der Waals surface area (Å²) in [4.78, 5) is 48.9. The molecule has 1 atom stereocenters. The first-order valence-corrected chi connectivity index (χ1v) is 8.71. The largest absolute Gasteiger partial charge is 0.455 e. The fraction of sp³-hybridized carbons (Fsp3) is 0.238. The number of esters is 1. The van der Waals surface area contributed by atoms with Crippen LogP contribution in [0.15, 0.2) is 42.5 Å². The molecule has 0 spiro atoms. The highest BCUT2D eigenvalue weighted by Crippen LogP contribution is 2.29. The maximum absolute atomic E-state index is 12.7. The molecule has 1 unspecified atom stereocenters. The van der Waals surface area contributed by atoms with Crippen LogP contribution in [0.2, 0.25) is 0 Å². The number of fused-ring (bicyclic) bond motifs is 2. The molecular weight excluding hydrogens is 346 g/mol. The van der Waals surface area contributed by atoms with Gasteiger partial charge in [0.25, 0.3) is 5.91 Å². The number of benzene rings is 2. The van der Waals surface area contributed by atoms with Crippen LogP contribution in [0.3, 0.4) is 0 Å². The lowest BCUT2D eigenvalue weighted by molar-refractivity contribution is -0.151. The number of ether oxygens (including phenoxy) is 1. The van der Waals surface area contributed by atoms with E-state index in [2.05, 4.69) is 5.32 Å². The van der Waals surface area contributed by atoms with Crippen LogP contribution in [0.5, 0.6) is 0 Å². The van der Waals surface area contributed by atoms with E-state index in [1.807, 2.05) is 6.92 Å². The topological polar surface area (TPSA) is 89.5 Å². The maximum Gasteiger partial charge on any atom is 0.309 e. The molecule has 1 N–H and O–H groups in total. The van der Waals surface area contributed by atoms with Crippen molar-refractivity contribution in [3.63, 3.8) is 0 Å². The van der Waals surface area contributed by atoms with Gasteiger partial charge >= 0.3 is 5.97 Å². The number of nitrogens with one attached hydrogen (secondary N) is 1. The first-order chi connectivity index (χ1) is 12.9. The highest BCUT2D eigenvalue weighted by molar-refractivity contribution is 6.28. The summed E-state index contributed by atoms with van der Waals surface area (Å²) < 4.78 is 4.95. The van der Waals surface area contributed by atoms with Gasteiger partial charge in [0.1, 0.15) is 0 Å². The number of ketones is 2. The molecule has 0 aromatic heterocycles. The van der Waals surface area contributed by atoms with E-state index in [4.69, 9.17) is 4.74 Å². The highest BCUT2D eigenvalue weighted by atomic mass is 16.5. The van der Waals surface area contributed by atoms with Gasteiger partial charge in [-0.2, -0.15) is 0 Å². The summed E-state index contributed by atoms with van der Waals surface area (Å²) in [5.41, 5.74) is 1.64. The SMILES string of the molecule is CCC(C)C(=O)OCC(=O)Nc1ccc2c(c1)C(=O)c1ccccc1C2=O. The fourth-order valence-electron chi connectivity index (χ4n) is 2.82. The number of rotatable bonds is 5. The van der Waals surface area contributed by atoms with Crippen molar-refractivity contribution in [2.24, 2.45) is 5.92 Å². The number of anilines is 1. The summed E-state index contributed by atoms with van der Waals surface area (Å²) >= 11 is 0.